The van der Waals surface area contributed by atoms with Gasteiger partial charge in [0.15, 0.2) is 0 Å². The molecule has 1 atom stereocenters. The SMILES string of the molecule is Cc1cc(C)c(CNC(=O)[C@@H](C)OCC2CC2)c(=O)[nH]1. The van der Waals surface area contributed by atoms with Crippen molar-refractivity contribution in [2.45, 2.75) is 46.3 Å². The number of carbonyl (C=O) groups is 1. The number of rotatable bonds is 6. The van der Waals surface area contributed by atoms with E-state index in [0.717, 1.165) is 11.3 Å². The van der Waals surface area contributed by atoms with E-state index >= 15 is 0 Å². The number of amides is 1. The molecule has 2 N–H and O–H groups in total. The van der Waals surface area contributed by atoms with E-state index in [-0.39, 0.29) is 18.0 Å². The first kappa shape index (κ1) is 14.8. The highest BCUT2D eigenvalue weighted by Gasteiger charge is 2.24. The normalized spacial score (nSPS) is 15.9. The summed E-state index contributed by atoms with van der Waals surface area (Å²) >= 11 is 0. The molecule has 1 aromatic rings. The third-order valence-corrected chi connectivity index (χ3v) is 3.58. The van der Waals surface area contributed by atoms with Crippen molar-refractivity contribution in [2.75, 3.05) is 6.61 Å². The number of ether oxygens (including phenoxy) is 1. The van der Waals surface area contributed by atoms with Crippen LogP contribution in [-0.4, -0.2) is 23.6 Å². The Bertz CT molecular complexity index is 547. The van der Waals surface area contributed by atoms with Gasteiger partial charge in [-0.15, -0.1) is 0 Å². The maximum atomic E-state index is 11.9. The molecule has 1 fully saturated rings. The predicted octanol–water partition coefficient (Wildman–Crippen LogP) is 1.42. The number of nitrogens with one attached hydrogen (secondary N) is 2. The zero-order chi connectivity index (χ0) is 14.7. The van der Waals surface area contributed by atoms with Crippen molar-refractivity contribution in [1.29, 1.82) is 0 Å². The molecule has 1 aromatic heterocycles. The molecular weight excluding hydrogens is 256 g/mol. The molecule has 0 radical (unpaired) electrons. The van der Waals surface area contributed by atoms with E-state index in [4.69, 9.17) is 4.74 Å². The number of H-pyrrole nitrogens is 1. The summed E-state index contributed by atoms with van der Waals surface area (Å²) in [5, 5.41) is 2.76. The molecule has 0 unspecified atom stereocenters. The van der Waals surface area contributed by atoms with Crippen molar-refractivity contribution in [3.8, 4) is 0 Å². The summed E-state index contributed by atoms with van der Waals surface area (Å²) in [7, 11) is 0. The third-order valence-electron chi connectivity index (χ3n) is 3.58. The van der Waals surface area contributed by atoms with Gasteiger partial charge in [-0.2, -0.15) is 0 Å². The van der Waals surface area contributed by atoms with Gasteiger partial charge >= 0.3 is 0 Å². The quantitative estimate of drug-likeness (QED) is 0.826. The Morgan fingerprint density at radius 2 is 2.20 bits per heavy atom. The second kappa shape index (κ2) is 6.22. The van der Waals surface area contributed by atoms with Crippen LogP contribution in [0.1, 0.15) is 36.6 Å². The number of hydrogen-bond donors (Lipinski definition) is 2. The second-order valence-electron chi connectivity index (χ2n) is 5.58. The van der Waals surface area contributed by atoms with Gasteiger partial charge in [-0.1, -0.05) is 0 Å². The summed E-state index contributed by atoms with van der Waals surface area (Å²) in [6.07, 6.45) is 1.93. The highest BCUT2D eigenvalue weighted by atomic mass is 16.5. The molecule has 1 saturated carbocycles. The number of pyridine rings is 1. The molecule has 0 aromatic carbocycles. The molecule has 0 aliphatic heterocycles. The van der Waals surface area contributed by atoms with Crippen LogP contribution in [0.2, 0.25) is 0 Å². The first-order valence-electron chi connectivity index (χ1n) is 7.06. The molecule has 20 heavy (non-hydrogen) atoms. The van der Waals surface area contributed by atoms with Crippen molar-refractivity contribution < 1.29 is 9.53 Å². The summed E-state index contributed by atoms with van der Waals surface area (Å²) in [6, 6.07) is 1.90. The Hall–Kier alpha value is -1.62. The lowest BCUT2D eigenvalue weighted by Crippen LogP contribution is -2.36. The van der Waals surface area contributed by atoms with Crippen LogP contribution in [0.5, 0.6) is 0 Å². The summed E-state index contributed by atoms with van der Waals surface area (Å²) in [5.74, 6) is 0.456. The topological polar surface area (TPSA) is 71.2 Å². The van der Waals surface area contributed by atoms with Crippen molar-refractivity contribution in [2.24, 2.45) is 5.92 Å². The van der Waals surface area contributed by atoms with E-state index in [9.17, 15) is 9.59 Å². The van der Waals surface area contributed by atoms with Gasteiger partial charge < -0.3 is 15.0 Å². The maximum Gasteiger partial charge on any atom is 0.253 e. The van der Waals surface area contributed by atoms with Crippen LogP contribution in [0, 0.1) is 19.8 Å². The highest BCUT2D eigenvalue weighted by Crippen LogP contribution is 2.29. The maximum absolute atomic E-state index is 11.9. The molecule has 5 heteroatoms. The van der Waals surface area contributed by atoms with Crippen molar-refractivity contribution in [3.05, 3.63) is 33.2 Å². The van der Waals surface area contributed by atoms with Crippen molar-refractivity contribution in [3.63, 3.8) is 0 Å². The Kier molecular flexibility index (Phi) is 4.60. The van der Waals surface area contributed by atoms with Crippen LogP contribution in [0.15, 0.2) is 10.9 Å². The van der Waals surface area contributed by atoms with Crippen molar-refractivity contribution >= 4 is 5.91 Å². The van der Waals surface area contributed by atoms with E-state index < -0.39 is 6.10 Å². The molecule has 5 nitrogen and oxygen atoms in total. The first-order chi connectivity index (χ1) is 9.47. The lowest BCUT2D eigenvalue weighted by atomic mass is 10.1. The molecular formula is C15H22N2O3. The Balaban J connectivity index is 1.87. The molecule has 0 saturated heterocycles. The van der Waals surface area contributed by atoms with E-state index in [1.165, 1.54) is 12.8 Å². The fourth-order valence-corrected chi connectivity index (χ4v) is 2.06. The van der Waals surface area contributed by atoms with E-state index in [1.54, 1.807) is 6.92 Å². The smallest absolute Gasteiger partial charge is 0.253 e. The highest BCUT2D eigenvalue weighted by molar-refractivity contribution is 5.80. The first-order valence-corrected chi connectivity index (χ1v) is 7.06. The Morgan fingerprint density at radius 1 is 1.50 bits per heavy atom. The zero-order valence-corrected chi connectivity index (χ0v) is 12.3. The summed E-state index contributed by atoms with van der Waals surface area (Å²) in [6.45, 7) is 6.33. The fourth-order valence-electron chi connectivity index (χ4n) is 2.06. The van der Waals surface area contributed by atoms with Crippen LogP contribution in [0.4, 0.5) is 0 Å². The van der Waals surface area contributed by atoms with E-state index in [0.29, 0.717) is 18.1 Å². The number of carbonyl (C=O) groups excluding carboxylic acids is 1. The number of aryl methyl sites for hydroxylation is 2. The van der Waals surface area contributed by atoms with Gasteiger partial charge in [0.05, 0.1) is 6.61 Å². The summed E-state index contributed by atoms with van der Waals surface area (Å²) in [4.78, 5) is 26.5. The molecule has 2 rings (SSSR count). The fraction of sp³-hybridized carbons (Fsp3) is 0.600. The largest absolute Gasteiger partial charge is 0.368 e. The standard InChI is InChI=1S/C15H22N2O3/c1-9-6-10(2)17-15(19)13(9)7-16-14(18)11(3)20-8-12-4-5-12/h6,11-12H,4-5,7-8H2,1-3H3,(H,16,18)(H,17,19)/t11-/m1/s1. The van der Waals surface area contributed by atoms with Gasteiger partial charge in [0, 0.05) is 17.8 Å². The minimum Gasteiger partial charge on any atom is -0.368 e. The molecule has 1 aliphatic carbocycles. The molecule has 1 amide bonds. The van der Waals surface area contributed by atoms with Crippen molar-refractivity contribution in [1.82, 2.24) is 10.3 Å². The molecule has 1 aliphatic rings. The number of hydrogen-bond acceptors (Lipinski definition) is 3. The summed E-state index contributed by atoms with van der Waals surface area (Å²) < 4.78 is 5.50. The lowest BCUT2D eigenvalue weighted by Gasteiger charge is -2.13. The van der Waals surface area contributed by atoms with E-state index in [1.807, 2.05) is 19.9 Å². The van der Waals surface area contributed by atoms with Crippen LogP contribution in [0.25, 0.3) is 0 Å². The van der Waals surface area contributed by atoms with E-state index in [2.05, 4.69) is 10.3 Å². The summed E-state index contributed by atoms with van der Waals surface area (Å²) in [5.41, 5.74) is 2.16. The van der Waals surface area contributed by atoms with Gasteiger partial charge in [0.2, 0.25) is 5.91 Å². The number of aromatic amines is 1. The Labute approximate surface area is 118 Å². The molecule has 110 valence electrons. The number of aromatic nitrogens is 1. The lowest BCUT2D eigenvalue weighted by molar-refractivity contribution is -0.132. The van der Waals surface area contributed by atoms with Gasteiger partial charge in [-0.25, -0.2) is 0 Å². The van der Waals surface area contributed by atoms with Crippen LogP contribution >= 0.6 is 0 Å². The third kappa shape index (κ3) is 3.93. The Morgan fingerprint density at radius 3 is 2.80 bits per heavy atom. The zero-order valence-electron chi connectivity index (χ0n) is 12.3. The van der Waals surface area contributed by atoms with Crippen LogP contribution in [-0.2, 0) is 16.1 Å². The minimum atomic E-state index is -0.472. The average Bonchev–Trinajstić information content (AvgIpc) is 3.18. The van der Waals surface area contributed by atoms with Gasteiger partial charge in [-0.05, 0) is 51.2 Å². The predicted molar refractivity (Wildman–Crippen MR) is 76.5 cm³/mol. The average molecular weight is 278 g/mol. The minimum absolute atomic E-state index is 0.144. The van der Waals surface area contributed by atoms with Gasteiger partial charge in [0.25, 0.3) is 5.56 Å². The van der Waals surface area contributed by atoms with Gasteiger partial charge in [0.1, 0.15) is 6.10 Å². The van der Waals surface area contributed by atoms with Gasteiger partial charge in [-0.3, -0.25) is 9.59 Å². The van der Waals surface area contributed by atoms with Crippen LogP contribution in [0.3, 0.4) is 0 Å². The molecule has 0 spiro atoms. The monoisotopic (exact) mass is 278 g/mol. The second-order valence-corrected chi connectivity index (χ2v) is 5.58. The molecule has 1 heterocycles. The van der Waals surface area contributed by atoms with Crippen LogP contribution < -0.4 is 10.9 Å². The molecule has 0 bridgehead atoms.